The molecule has 0 spiro atoms. The van der Waals surface area contributed by atoms with E-state index < -0.39 is 6.29 Å². The molecule has 5 unspecified atom stereocenters. The summed E-state index contributed by atoms with van der Waals surface area (Å²) < 4.78 is 13.4. The second-order valence-electron chi connectivity index (χ2n) is 15.1. The molecule has 7 nitrogen and oxygen atoms in total. The summed E-state index contributed by atoms with van der Waals surface area (Å²) in [5.41, 5.74) is 5.25. The lowest BCUT2D eigenvalue weighted by Gasteiger charge is -2.56. The maximum Gasteiger partial charge on any atom is 0.315 e. The molecule has 1 heterocycles. The molecule has 0 aromatic heterocycles. The van der Waals surface area contributed by atoms with Gasteiger partial charge < -0.3 is 25.2 Å². The fourth-order valence-electron chi connectivity index (χ4n) is 9.28. The van der Waals surface area contributed by atoms with Crippen LogP contribution in [0, 0.1) is 23.7 Å². The van der Waals surface area contributed by atoms with Crippen LogP contribution in [-0.4, -0.2) is 41.3 Å². The molecule has 8 rings (SSSR count). The Morgan fingerprint density at radius 1 is 0.872 bits per heavy atom. The molecule has 1 saturated heterocycles. The number of carbonyl (C=O) groups excluding carboxylic acids is 1. The van der Waals surface area contributed by atoms with Crippen molar-refractivity contribution in [1.29, 1.82) is 0 Å². The molecule has 4 saturated carbocycles. The Kier molecular flexibility index (Phi) is 9.43. The van der Waals surface area contributed by atoms with E-state index in [1.807, 2.05) is 12.1 Å². The van der Waals surface area contributed by atoms with Gasteiger partial charge in [-0.05, 0) is 92.5 Å². The van der Waals surface area contributed by atoms with E-state index in [9.17, 15) is 9.90 Å². The first-order valence-electron chi connectivity index (χ1n) is 17.7. The van der Waals surface area contributed by atoms with Crippen molar-refractivity contribution in [3.05, 3.63) is 107 Å². The lowest BCUT2D eigenvalue weighted by atomic mass is 9.53. The topological polar surface area (TPSA) is 83.1 Å². The molecule has 4 aliphatic carbocycles. The Labute approximate surface area is 280 Å². The van der Waals surface area contributed by atoms with Gasteiger partial charge in [-0.3, -0.25) is 4.90 Å². The summed E-state index contributed by atoms with van der Waals surface area (Å²) in [5.74, 6) is 2.50. The zero-order valence-electron chi connectivity index (χ0n) is 28.1. The van der Waals surface area contributed by atoms with Crippen LogP contribution < -0.4 is 10.6 Å². The maximum absolute atomic E-state index is 13.0. The van der Waals surface area contributed by atoms with Gasteiger partial charge in [0.2, 0.25) is 0 Å². The molecule has 7 heteroatoms. The first-order valence-corrected chi connectivity index (χ1v) is 17.7. The second kappa shape index (κ2) is 13.7. The summed E-state index contributed by atoms with van der Waals surface area (Å²) in [7, 11) is 2.16. The fraction of sp³-hybridized carbons (Fsp3) is 0.525. The van der Waals surface area contributed by atoms with Gasteiger partial charge in [0, 0.05) is 36.2 Å². The van der Waals surface area contributed by atoms with Crippen LogP contribution in [0.5, 0.6) is 0 Å². The van der Waals surface area contributed by atoms with E-state index >= 15 is 0 Å². The van der Waals surface area contributed by atoms with Crippen molar-refractivity contribution in [2.75, 3.05) is 13.6 Å². The average Bonchev–Trinajstić information content (AvgIpc) is 3.08. The van der Waals surface area contributed by atoms with Crippen molar-refractivity contribution in [1.82, 2.24) is 15.5 Å². The molecule has 3 N–H and O–H groups in total. The monoisotopic (exact) mass is 637 g/mol. The molecule has 47 heavy (non-hydrogen) atoms. The number of aliphatic hydroxyl groups is 1. The number of carbonyl (C=O) groups is 1. The van der Waals surface area contributed by atoms with Crippen molar-refractivity contribution in [3.8, 4) is 0 Å². The number of ether oxygens (including phenoxy) is 2. The van der Waals surface area contributed by atoms with Crippen molar-refractivity contribution < 1.29 is 19.4 Å². The molecule has 0 radical (unpaired) electrons. The highest BCUT2D eigenvalue weighted by Crippen LogP contribution is 2.55. The van der Waals surface area contributed by atoms with Crippen LogP contribution >= 0.6 is 0 Å². The number of nitrogens with one attached hydrogen (secondary N) is 2. The van der Waals surface area contributed by atoms with Gasteiger partial charge in [0.1, 0.15) is 0 Å². The van der Waals surface area contributed by atoms with Gasteiger partial charge in [-0.1, -0.05) is 85.8 Å². The summed E-state index contributed by atoms with van der Waals surface area (Å²) >= 11 is 0. The van der Waals surface area contributed by atoms with E-state index in [-0.39, 0.29) is 42.3 Å². The smallest absolute Gasteiger partial charge is 0.315 e. The minimum absolute atomic E-state index is 0.00788. The Hall–Kier alpha value is -3.23. The third-order valence-corrected chi connectivity index (χ3v) is 11.7. The van der Waals surface area contributed by atoms with Crippen LogP contribution in [-0.2, 0) is 22.6 Å². The van der Waals surface area contributed by atoms with Crippen LogP contribution in [0.2, 0.25) is 0 Å². The number of nitrogens with zero attached hydrogens (tertiary/aromatic N) is 1. The van der Waals surface area contributed by atoms with Crippen molar-refractivity contribution in [3.63, 3.8) is 0 Å². The van der Waals surface area contributed by atoms with Crippen LogP contribution in [0.1, 0.15) is 98.6 Å². The van der Waals surface area contributed by atoms with Gasteiger partial charge in [0.05, 0.1) is 18.8 Å². The van der Waals surface area contributed by atoms with E-state index in [2.05, 4.69) is 103 Å². The SMILES string of the molecule is CC1C(CN(C)C(C)c2ccccc2)OC(c2ccc(CNC(=O)NC34CC5CC(CC(C5)C3)C4)cc2)OC1c1ccc(CO)cc1. The predicted molar refractivity (Wildman–Crippen MR) is 183 cm³/mol. The normalized spacial score (nSPS) is 31.9. The van der Waals surface area contributed by atoms with Gasteiger partial charge in [-0.2, -0.15) is 0 Å². The number of benzene rings is 3. The van der Waals surface area contributed by atoms with E-state index in [0.717, 1.165) is 65.8 Å². The number of urea groups is 1. The number of hydrogen-bond donors (Lipinski definition) is 3. The Bertz CT molecular complexity index is 1460. The zero-order chi connectivity index (χ0) is 32.5. The number of aliphatic hydroxyl groups excluding tert-OH is 1. The summed E-state index contributed by atoms with van der Waals surface area (Å²) in [6.45, 7) is 5.69. The highest BCUT2D eigenvalue weighted by molar-refractivity contribution is 5.75. The molecule has 2 amide bonds. The summed E-state index contributed by atoms with van der Waals surface area (Å²) in [6.07, 6.45) is 6.78. The summed E-state index contributed by atoms with van der Waals surface area (Å²) in [4.78, 5) is 15.4. The van der Waals surface area contributed by atoms with Gasteiger partial charge in [0.25, 0.3) is 0 Å². The summed E-state index contributed by atoms with van der Waals surface area (Å²) in [5, 5.41) is 16.1. The van der Waals surface area contributed by atoms with Crippen LogP contribution in [0.15, 0.2) is 78.9 Å². The first kappa shape index (κ1) is 32.3. The molecule has 1 aliphatic heterocycles. The van der Waals surface area contributed by atoms with E-state index in [0.29, 0.717) is 6.54 Å². The third kappa shape index (κ3) is 7.14. The van der Waals surface area contributed by atoms with Crippen LogP contribution in [0.3, 0.4) is 0 Å². The number of likely N-dealkylation sites (N-methyl/N-ethyl adjacent to an activating group) is 1. The zero-order valence-corrected chi connectivity index (χ0v) is 28.1. The molecular weight excluding hydrogens is 586 g/mol. The fourth-order valence-corrected chi connectivity index (χ4v) is 9.28. The molecular formula is C40H51N3O4. The average molecular weight is 638 g/mol. The molecule has 5 aliphatic rings. The van der Waals surface area contributed by atoms with Crippen molar-refractivity contribution >= 4 is 6.03 Å². The number of amides is 2. The molecule has 5 atom stereocenters. The Balaban J connectivity index is 1.02. The molecule has 250 valence electrons. The van der Waals surface area contributed by atoms with Gasteiger partial charge in [-0.25, -0.2) is 4.79 Å². The van der Waals surface area contributed by atoms with E-state index in [1.54, 1.807) is 0 Å². The molecule has 5 fully saturated rings. The van der Waals surface area contributed by atoms with E-state index in [1.165, 1.54) is 24.8 Å². The first-order chi connectivity index (χ1) is 22.8. The predicted octanol–water partition coefficient (Wildman–Crippen LogP) is 7.43. The van der Waals surface area contributed by atoms with Gasteiger partial charge in [0.15, 0.2) is 6.29 Å². The van der Waals surface area contributed by atoms with E-state index in [4.69, 9.17) is 9.47 Å². The Morgan fingerprint density at radius 3 is 2.09 bits per heavy atom. The van der Waals surface area contributed by atoms with Crippen LogP contribution in [0.25, 0.3) is 0 Å². The largest absolute Gasteiger partial charge is 0.392 e. The molecule has 4 bridgehead atoms. The van der Waals surface area contributed by atoms with Gasteiger partial charge >= 0.3 is 6.03 Å². The quantitative estimate of drug-likeness (QED) is 0.215. The minimum atomic E-state index is -0.527. The van der Waals surface area contributed by atoms with Gasteiger partial charge in [-0.15, -0.1) is 0 Å². The maximum atomic E-state index is 13.0. The molecule has 3 aromatic rings. The van der Waals surface area contributed by atoms with Crippen molar-refractivity contribution in [2.45, 2.75) is 95.6 Å². The summed E-state index contributed by atoms with van der Waals surface area (Å²) in [6, 6.07) is 27.1. The van der Waals surface area contributed by atoms with Crippen LogP contribution in [0.4, 0.5) is 4.79 Å². The standard InChI is InChI=1S/C40H51N3O4/c1-26-36(24-43(3)27(2)33-7-5-4-6-8-33)46-38(47-37(26)34-13-11-29(25-44)12-14-34)35-15-9-28(10-16-35)23-41-39(45)42-40-20-30-17-31(21-40)19-32(18-30)22-40/h4-16,26-27,30-32,36-38,44H,17-25H2,1-3H3,(H2,41,42,45). The van der Waals surface area contributed by atoms with Crippen molar-refractivity contribution in [2.24, 2.45) is 23.7 Å². The minimum Gasteiger partial charge on any atom is -0.392 e. The highest BCUT2D eigenvalue weighted by Gasteiger charge is 2.51. The number of rotatable bonds is 10. The molecule has 3 aromatic carbocycles. The lowest BCUT2D eigenvalue weighted by molar-refractivity contribution is -0.276. The lowest BCUT2D eigenvalue weighted by Crippen LogP contribution is -2.61. The Morgan fingerprint density at radius 2 is 1.47 bits per heavy atom. The highest BCUT2D eigenvalue weighted by atomic mass is 16.7. The number of hydrogen-bond acceptors (Lipinski definition) is 5. The second-order valence-corrected chi connectivity index (χ2v) is 15.1. The third-order valence-electron chi connectivity index (χ3n) is 11.7.